The van der Waals surface area contributed by atoms with Crippen LogP contribution < -0.4 is 0 Å². The molecule has 0 spiro atoms. The molecule has 0 saturated carbocycles. The van der Waals surface area contributed by atoms with Gasteiger partial charge in [-0.05, 0) is 49.4 Å². The number of unbranched alkanes of at least 4 members (excludes halogenated alkanes) is 38. The summed E-state index contributed by atoms with van der Waals surface area (Å²) in [4.78, 5) is 72.8. The fourth-order valence-corrected chi connectivity index (χ4v) is 13.1. The number of carbonyl (C=O) groups excluding carboxylic acids is 4. The Morgan fingerprint density at radius 3 is 0.747 bits per heavy atom. The number of phosphoric ester groups is 2. The van der Waals surface area contributed by atoms with Gasteiger partial charge in [-0.3, -0.25) is 37.3 Å². The number of aliphatic hydroxyl groups is 1. The number of ether oxygens (including phenoxy) is 4. The van der Waals surface area contributed by atoms with Gasteiger partial charge in [-0.1, -0.05) is 331 Å². The molecule has 0 aromatic carbocycles. The number of carbonyl (C=O) groups is 4. The van der Waals surface area contributed by atoms with E-state index in [0.717, 1.165) is 114 Å². The highest BCUT2D eigenvalue weighted by atomic mass is 31.2. The van der Waals surface area contributed by atoms with E-state index in [9.17, 15) is 43.2 Å². The summed E-state index contributed by atoms with van der Waals surface area (Å²) in [5.41, 5.74) is 0. The molecule has 0 saturated heterocycles. The van der Waals surface area contributed by atoms with Crippen molar-refractivity contribution < 1.29 is 80.2 Å². The molecule has 3 N–H and O–H groups in total. The van der Waals surface area contributed by atoms with Gasteiger partial charge in [0, 0.05) is 25.7 Å². The predicted octanol–water partition coefficient (Wildman–Crippen LogP) is 22.0. The minimum absolute atomic E-state index is 0.104. The number of hydrogen-bond acceptors (Lipinski definition) is 15. The van der Waals surface area contributed by atoms with Crippen molar-refractivity contribution in [3.05, 3.63) is 0 Å². The third-order valence-corrected chi connectivity index (χ3v) is 19.8. The van der Waals surface area contributed by atoms with Crippen LogP contribution in [-0.2, 0) is 65.4 Å². The normalized spacial score (nSPS) is 14.4. The Kier molecular flexibility index (Phi) is 64.0. The van der Waals surface area contributed by atoms with Crippen molar-refractivity contribution >= 4 is 39.5 Å². The summed E-state index contributed by atoms with van der Waals surface area (Å²) < 4.78 is 68.5. The lowest BCUT2D eigenvalue weighted by Gasteiger charge is -2.21. The number of hydrogen-bond donors (Lipinski definition) is 3. The SMILES string of the molecule is CCC(C)CCCCCCCCCCC(=O)O[C@H](COC(=O)CCCCCCCCCC(C)C)COP(=O)(O)OCC(O)COP(=O)(O)OC[C@@H](COC(=O)CCCCCCCCCCCCCCCCCC(C)C)OC(=O)CCCCCCCCCCCCCCC(C)C. The van der Waals surface area contributed by atoms with Gasteiger partial charge in [0.2, 0.25) is 0 Å². The van der Waals surface area contributed by atoms with Gasteiger partial charge in [0.05, 0.1) is 26.4 Å². The van der Waals surface area contributed by atoms with E-state index in [0.29, 0.717) is 31.6 Å². The lowest BCUT2D eigenvalue weighted by atomic mass is 9.99. The smallest absolute Gasteiger partial charge is 0.462 e. The van der Waals surface area contributed by atoms with E-state index in [-0.39, 0.29) is 25.7 Å². The number of rotatable bonds is 73. The predicted molar refractivity (Wildman–Crippen MR) is 386 cm³/mol. The van der Waals surface area contributed by atoms with Crippen molar-refractivity contribution in [3.8, 4) is 0 Å². The average Bonchev–Trinajstić information content (AvgIpc) is 1.47. The van der Waals surface area contributed by atoms with Crippen molar-refractivity contribution in [1.82, 2.24) is 0 Å². The van der Waals surface area contributed by atoms with Crippen LogP contribution in [0.4, 0.5) is 0 Å². The first-order valence-electron chi connectivity index (χ1n) is 39.2. The van der Waals surface area contributed by atoms with Gasteiger partial charge < -0.3 is 33.8 Å². The van der Waals surface area contributed by atoms with Crippen LogP contribution in [0.15, 0.2) is 0 Å². The van der Waals surface area contributed by atoms with Gasteiger partial charge in [0.1, 0.15) is 19.3 Å². The Labute approximate surface area is 581 Å². The van der Waals surface area contributed by atoms with Crippen molar-refractivity contribution in [2.24, 2.45) is 23.7 Å². The summed E-state index contributed by atoms with van der Waals surface area (Å²) in [6.45, 7) is 14.2. The molecule has 6 atom stereocenters. The number of aliphatic hydroxyl groups excluding tert-OH is 1. The molecule has 0 bridgehead atoms. The molecule has 564 valence electrons. The van der Waals surface area contributed by atoms with E-state index in [1.54, 1.807) is 0 Å². The topological polar surface area (TPSA) is 237 Å². The molecule has 17 nitrogen and oxygen atoms in total. The van der Waals surface area contributed by atoms with Gasteiger partial charge in [-0.25, -0.2) is 9.13 Å². The first-order valence-corrected chi connectivity index (χ1v) is 42.2. The fourth-order valence-electron chi connectivity index (χ4n) is 11.5. The van der Waals surface area contributed by atoms with Crippen molar-refractivity contribution in [2.45, 2.75) is 401 Å². The van der Waals surface area contributed by atoms with Crippen LogP contribution in [0.25, 0.3) is 0 Å². The summed E-state index contributed by atoms with van der Waals surface area (Å²) in [7, 11) is -9.91. The number of esters is 4. The van der Waals surface area contributed by atoms with Gasteiger partial charge in [0.15, 0.2) is 12.2 Å². The summed E-state index contributed by atoms with van der Waals surface area (Å²) in [5, 5.41) is 10.6. The Bertz CT molecular complexity index is 1870. The maximum Gasteiger partial charge on any atom is 0.472 e. The molecule has 4 unspecified atom stereocenters. The molecular weight excluding hydrogens is 1250 g/mol. The van der Waals surface area contributed by atoms with E-state index < -0.39 is 97.5 Å². The van der Waals surface area contributed by atoms with Crippen LogP contribution in [0.1, 0.15) is 383 Å². The van der Waals surface area contributed by atoms with Crippen LogP contribution in [0.2, 0.25) is 0 Å². The summed E-state index contributed by atoms with van der Waals surface area (Å²) >= 11 is 0. The Morgan fingerprint density at radius 1 is 0.295 bits per heavy atom. The third-order valence-electron chi connectivity index (χ3n) is 17.9. The molecule has 95 heavy (non-hydrogen) atoms. The molecule has 0 amide bonds. The molecule has 0 aliphatic rings. The van der Waals surface area contributed by atoms with Crippen molar-refractivity contribution in [2.75, 3.05) is 39.6 Å². The molecule has 0 heterocycles. The molecule has 0 radical (unpaired) electrons. The van der Waals surface area contributed by atoms with Gasteiger partial charge >= 0.3 is 39.5 Å². The zero-order valence-electron chi connectivity index (χ0n) is 62.3. The zero-order valence-corrected chi connectivity index (χ0v) is 64.1. The molecule has 0 aliphatic heterocycles. The van der Waals surface area contributed by atoms with Crippen molar-refractivity contribution in [1.29, 1.82) is 0 Å². The molecule has 0 aromatic rings. The standard InChI is InChI=1S/C76H148O17P2/c1-9-69(8)55-47-39-31-25-26-34-43-51-59-76(81)93-72(63-87-74(79)57-49-41-35-27-30-38-46-54-68(6)7)65-91-95(84,85)89-61-70(77)60-88-94(82,83)90-64-71(92-75(80)58-50-42-33-24-20-16-15-18-22-29-37-45-53-67(4)5)62-86-73(78)56-48-40-32-23-19-14-12-10-11-13-17-21-28-36-44-52-66(2)3/h66-72,77H,9-65H2,1-8H3,(H,82,83)(H,84,85)/t69?,70?,71-,72-/m1/s1. The second-order valence-corrected chi connectivity index (χ2v) is 32.0. The lowest BCUT2D eigenvalue weighted by molar-refractivity contribution is -0.161. The fraction of sp³-hybridized carbons (Fsp3) is 0.947. The van der Waals surface area contributed by atoms with E-state index in [1.807, 2.05) is 0 Å². The Morgan fingerprint density at radius 2 is 0.505 bits per heavy atom. The molecule has 0 fully saturated rings. The molecular formula is C76H148O17P2. The highest BCUT2D eigenvalue weighted by Gasteiger charge is 2.30. The zero-order chi connectivity index (χ0) is 70.3. The van der Waals surface area contributed by atoms with E-state index in [1.165, 1.54) is 180 Å². The quantitative estimate of drug-likeness (QED) is 0.0222. The van der Waals surface area contributed by atoms with Gasteiger partial charge in [-0.15, -0.1) is 0 Å². The highest BCUT2D eigenvalue weighted by molar-refractivity contribution is 7.47. The minimum Gasteiger partial charge on any atom is -0.462 e. The van der Waals surface area contributed by atoms with Gasteiger partial charge in [0.25, 0.3) is 0 Å². The summed E-state index contributed by atoms with van der Waals surface area (Å²) in [6.07, 6.45) is 50.0. The average molecular weight is 1400 g/mol. The van der Waals surface area contributed by atoms with E-state index in [4.69, 9.17) is 37.0 Å². The molecule has 0 aromatic heterocycles. The highest BCUT2D eigenvalue weighted by Crippen LogP contribution is 2.45. The monoisotopic (exact) mass is 1400 g/mol. The van der Waals surface area contributed by atoms with Crippen LogP contribution in [0, 0.1) is 23.7 Å². The molecule has 0 rings (SSSR count). The summed E-state index contributed by atoms with van der Waals surface area (Å²) in [6, 6.07) is 0. The maximum absolute atomic E-state index is 13.1. The Balaban J connectivity index is 5.24. The molecule has 19 heteroatoms. The largest absolute Gasteiger partial charge is 0.472 e. The second-order valence-electron chi connectivity index (χ2n) is 29.1. The van der Waals surface area contributed by atoms with Gasteiger partial charge in [-0.2, -0.15) is 0 Å². The van der Waals surface area contributed by atoms with Crippen LogP contribution in [-0.4, -0.2) is 96.7 Å². The summed E-state index contributed by atoms with van der Waals surface area (Å²) in [5.74, 6) is 0.935. The first-order chi connectivity index (χ1) is 45.6. The van der Waals surface area contributed by atoms with Crippen molar-refractivity contribution in [3.63, 3.8) is 0 Å². The Hall–Kier alpha value is -1.94. The van der Waals surface area contributed by atoms with Crippen LogP contribution >= 0.6 is 15.6 Å². The van der Waals surface area contributed by atoms with E-state index in [2.05, 4.69) is 55.4 Å². The second kappa shape index (κ2) is 65.4. The molecule has 0 aliphatic carbocycles. The first kappa shape index (κ1) is 93.1. The number of phosphoric acid groups is 2. The lowest BCUT2D eigenvalue weighted by Crippen LogP contribution is -2.30. The van der Waals surface area contributed by atoms with Crippen LogP contribution in [0.3, 0.4) is 0 Å². The van der Waals surface area contributed by atoms with Crippen LogP contribution in [0.5, 0.6) is 0 Å². The third kappa shape index (κ3) is 69.0. The maximum atomic E-state index is 13.1. The minimum atomic E-state index is -4.96. The van der Waals surface area contributed by atoms with E-state index >= 15 is 0 Å².